The minimum Gasteiger partial charge on any atom is -0.396 e. The summed E-state index contributed by atoms with van der Waals surface area (Å²) in [4.78, 5) is 45.7. The first-order chi connectivity index (χ1) is 15.0. The van der Waals surface area contributed by atoms with Crippen LogP contribution in [0, 0.1) is 11.8 Å². The van der Waals surface area contributed by atoms with Gasteiger partial charge in [0.1, 0.15) is 11.6 Å². The Morgan fingerprint density at radius 1 is 1.06 bits per heavy atom. The van der Waals surface area contributed by atoms with Gasteiger partial charge in [-0.25, -0.2) is 0 Å². The highest BCUT2D eigenvalue weighted by atomic mass is 16.5. The van der Waals surface area contributed by atoms with E-state index in [2.05, 4.69) is 6.92 Å². The number of unbranched alkanes of at least 4 members (excludes halogenated alkanes) is 2. The van der Waals surface area contributed by atoms with E-state index in [-0.39, 0.29) is 24.3 Å². The van der Waals surface area contributed by atoms with E-state index in [0.29, 0.717) is 39.0 Å². The predicted octanol–water partition coefficient (Wildman–Crippen LogP) is 0.566. The molecule has 0 saturated carbocycles. The largest absolute Gasteiger partial charge is 0.396 e. The van der Waals surface area contributed by atoms with Crippen LogP contribution in [-0.2, 0) is 19.1 Å². The van der Waals surface area contributed by atoms with E-state index in [1.807, 2.05) is 24.3 Å². The van der Waals surface area contributed by atoms with Gasteiger partial charge in [0.05, 0.1) is 17.9 Å². The molecule has 4 aliphatic rings. The van der Waals surface area contributed by atoms with Crippen molar-refractivity contribution in [3.05, 3.63) is 24.3 Å². The van der Waals surface area contributed by atoms with E-state index in [1.54, 1.807) is 21.7 Å². The molecule has 1 N–H and O–H groups in total. The van der Waals surface area contributed by atoms with Crippen molar-refractivity contribution in [3.8, 4) is 0 Å². The van der Waals surface area contributed by atoms with Gasteiger partial charge in [0, 0.05) is 39.8 Å². The molecular weight excluding hydrogens is 398 g/mol. The molecular formula is C23H33N3O5. The van der Waals surface area contributed by atoms with Crippen molar-refractivity contribution < 1.29 is 24.2 Å². The molecule has 0 bridgehead atoms. The molecule has 31 heavy (non-hydrogen) atoms. The van der Waals surface area contributed by atoms with E-state index in [4.69, 9.17) is 4.74 Å². The first kappa shape index (κ1) is 22.0. The molecule has 0 aromatic heterocycles. The van der Waals surface area contributed by atoms with Crippen molar-refractivity contribution in [2.75, 3.05) is 39.8 Å². The molecule has 5 atom stereocenters. The van der Waals surface area contributed by atoms with Gasteiger partial charge in [-0.1, -0.05) is 37.6 Å². The second kappa shape index (κ2) is 8.74. The Morgan fingerprint density at radius 3 is 2.61 bits per heavy atom. The molecule has 1 unspecified atom stereocenters. The zero-order valence-electron chi connectivity index (χ0n) is 18.4. The molecule has 8 heteroatoms. The molecule has 2 fully saturated rings. The van der Waals surface area contributed by atoms with Gasteiger partial charge in [0.2, 0.25) is 17.7 Å². The third-order valence-corrected chi connectivity index (χ3v) is 7.03. The average Bonchev–Trinajstić information content (AvgIpc) is 3.07. The molecule has 3 amide bonds. The summed E-state index contributed by atoms with van der Waals surface area (Å²) >= 11 is 0. The minimum atomic E-state index is -1.14. The number of nitrogens with zero attached hydrogens (tertiary/aromatic N) is 3. The summed E-state index contributed by atoms with van der Waals surface area (Å²) < 4.78 is 6.51. The number of rotatable bonds is 7. The van der Waals surface area contributed by atoms with E-state index >= 15 is 0 Å². The normalized spacial score (nSPS) is 34.7. The van der Waals surface area contributed by atoms with Gasteiger partial charge in [-0.2, -0.15) is 0 Å². The fourth-order valence-electron chi connectivity index (χ4n) is 5.49. The Kier molecular flexibility index (Phi) is 6.21. The summed E-state index contributed by atoms with van der Waals surface area (Å²) in [6.07, 6.45) is 10.1. The summed E-state index contributed by atoms with van der Waals surface area (Å²) in [5.74, 6) is -1.78. The van der Waals surface area contributed by atoms with Gasteiger partial charge >= 0.3 is 0 Å². The Hall–Kier alpha value is -2.19. The number of aliphatic hydroxyl groups is 1. The molecule has 170 valence electrons. The molecule has 4 aliphatic heterocycles. The Morgan fingerprint density at radius 2 is 1.87 bits per heavy atom. The van der Waals surface area contributed by atoms with E-state index in [1.165, 1.54) is 0 Å². The van der Waals surface area contributed by atoms with E-state index in [9.17, 15) is 19.5 Å². The number of hydrogen-bond donors (Lipinski definition) is 1. The van der Waals surface area contributed by atoms with Crippen molar-refractivity contribution >= 4 is 17.7 Å². The van der Waals surface area contributed by atoms with Crippen LogP contribution < -0.4 is 0 Å². The lowest BCUT2D eigenvalue weighted by Gasteiger charge is -2.35. The van der Waals surface area contributed by atoms with Crippen LogP contribution in [0.15, 0.2) is 24.3 Å². The standard InChI is InChI=1S/C23H33N3O5/c1-3-4-12-25-13-8-10-23-18(17-16(31-23)9-7-11-24(2)20(17)28)21(29)26(14-5-6-15-27)19(23)22(25)30/h7-10,16-19,27H,3-6,11-15H2,1-2H3/t16-,17+,18+,19?,23+/m1/s1. The molecule has 0 aliphatic carbocycles. The third kappa shape index (κ3) is 3.49. The van der Waals surface area contributed by atoms with Crippen molar-refractivity contribution in [3.63, 3.8) is 0 Å². The van der Waals surface area contributed by atoms with Crippen molar-refractivity contribution in [2.24, 2.45) is 11.8 Å². The molecule has 4 rings (SSSR count). The second-order valence-corrected chi connectivity index (χ2v) is 8.99. The molecule has 2 saturated heterocycles. The molecule has 1 spiro atoms. The maximum atomic E-state index is 13.7. The lowest BCUT2D eigenvalue weighted by Crippen LogP contribution is -2.55. The smallest absolute Gasteiger partial charge is 0.249 e. The quantitative estimate of drug-likeness (QED) is 0.470. The maximum absolute atomic E-state index is 13.7. The minimum absolute atomic E-state index is 0.0347. The highest BCUT2D eigenvalue weighted by molar-refractivity contribution is 5.99. The van der Waals surface area contributed by atoms with Gasteiger partial charge in [-0.15, -0.1) is 0 Å². The van der Waals surface area contributed by atoms with Crippen molar-refractivity contribution in [1.82, 2.24) is 14.7 Å². The first-order valence-corrected chi connectivity index (χ1v) is 11.4. The number of aliphatic hydroxyl groups excluding tert-OH is 1. The first-order valence-electron chi connectivity index (χ1n) is 11.4. The number of carbonyl (C=O) groups is 3. The number of fused-ring (bicyclic) bond motifs is 2. The summed E-state index contributed by atoms with van der Waals surface area (Å²) in [6, 6.07) is -0.780. The van der Waals surface area contributed by atoms with Crippen LogP contribution in [0.25, 0.3) is 0 Å². The Balaban J connectivity index is 1.75. The van der Waals surface area contributed by atoms with Gasteiger partial charge in [0.25, 0.3) is 0 Å². The number of likely N-dealkylation sites (N-methyl/N-ethyl adjacent to an activating group) is 1. The van der Waals surface area contributed by atoms with Crippen LogP contribution >= 0.6 is 0 Å². The Labute approximate surface area is 183 Å². The molecule has 4 heterocycles. The third-order valence-electron chi connectivity index (χ3n) is 7.03. The highest BCUT2D eigenvalue weighted by Crippen LogP contribution is 2.53. The topological polar surface area (TPSA) is 90.4 Å². The lowest BCUT2D eigenvalue weighted by atomic mass is 9.77. The molecule has 8 nitrogen and oxygen atoms in total. The molecule has 0 radical (unpaired) electrons. The summed E-state index contributed by atoms with van der Waals surface area (Å²) in [5, 5.41) is 9.21. The zero-order chi connectivity index (χ0) is 22.2. The summed E-state index contributed by atoms with van der Waals surface area (Å²) in [5.41, 5.74) is -1.14. The number of likely N-dealkylation sites (tertiary alicyclic amines) is 1. The van der Waals surface area contributed by atoms with E-state index < -0.39 is 29.6 Å². The van der Waals surface area contributed by atoms with Crippen LogP contribution in [0.5, 0.6) is 0 Å². The van der Waals surface area contributed by atoms with Gasteiger partial charge < -0.3 is 24.5 Å². The lowest BCUT2D eigenvalue weighted by molar-refractivity contribution is -0.148. The van der Waals surface area contributed by atoms with E-state index in [0.717, 1.165) is 12.8 Å². The van der Waals surface area contributed by atoms with Crippen LogP contribution in [0.2, 0.25) is 0 Å². The number of hydrogen-bond acceptors (Lipinski definition) is 5. The fraction of sp³-hybridized carbons (Fsp3) is 0.696. The van der Waals surface area contributed by atoms with Gasteiger partial charge in [-0.05, 0) is 19.3 Å². The number of amides is 3. The average molecular weight is 432 g/mol. The van der Waals surface area contributed by atoms with Gasteiger partial charge in [0.15, 0.2) is 0 Å². The Bertz CT molecular complexity index is 796. The summed E-state index contributed by atoms with van der Waals surface area (Å²) in [7, 11) is 1.73. The zero-order valence-corrected chi connectivity index (χ0v) is 18.4. The number of carbonyl (C=O) groups excluding carboxylic acids is 3. The van der Waals surface area contributed by atoms with Crippen molar-refractivity contribution in [2.45, 2.75) is 50.4 Å². The predicted molar refractivity (Wildman–Crippen MR) is 114 cm³/mol. The van der Waals surface area contributed by atoms with Gasteiger partial charge in [-0.3, -0.25) is 14.4 Å². The van der Waals surface area contributed by atoms with Crippen LogP contribution in [0.3, 0.4) is 0 Å². The monoisotopic (exact) mass is 431 g/mol. The maximum Gasteiger partial charge on any atom is 0.249 e. The van der Waals surface area contributed by atoms with Crippen LogP contribution in [-0.4, -0.2) is 95.1 Å². The van der Waals surface area contributed by atoms with Crippen molar-refractivity contribution in [1.29, 1.82) is 0 Å². The SMILES string of the molecule is CCCCN1CC=C[C@]23O[C@@H]4C=CCN(C)C(=O)[C@@H]4[C@H]2C(=O)N(CCCCO)C3C1=O. The van der Waals surface area contributed by atoms with Crippen LogP contribution in [0.4, 0.5) is 0 Å². The number of ether oxygens (including phenoxy) is 1. The van der Waals surface area contributed by atoms with Crippen LogP contribution in [0.1, 0.15) is 32.6 Å². The summed E-state index contributed by atoms with van der Waals surface area (Å²) in [6.45, 7) is 4.07. The second-order valence-electron chi connectivity index (χ2n) is 8.99. The molecule has 0 aromatic carbocycles. The highest BCUT2D eigenvalue weighted by Gasteiger charge is 2.71. The fourth-order valence-corrected chi connectivity index (χ4v) is 5.49. The molecule has 0 aromatic rings.